The molecule has 1 aliphatic rings. The predicted octanol–water partition coefficient (Wildman–Crippen LogP) is 1.55. The monoisotopic (exact) mass is 367 g/mol. The third-order valence-electron chi connectivity index (χ3n) is 3.65. The van der Waals surface area contributed by atoms with Gasteiger partial charge in [0.05, 0.1) is 6.61 Å². The minimum absolute atomic E-state index is 0.209. The van der Waals surface area contributed by atoms with E-state index in [-0.39, 0.29) is 5.60 Å². The summed E-state index contributed by atoms with van der Waals surface area (Å²) in [5.74, 6) is -0.945. The van der Waals surface area contributed by atoms with Crippen molar-refractivity contribution in [3.05, 3.63) is 36.4 Å². The average molecular weight is 367 g/mol. The maximum atomic E-state index is 9.55. The van der Waals surface area contributed by atoms with Crippen LogP contribution in [-0.4, -0.2) is 61.2 Å². The van der Waals surface area contributed by atoms with Crippen molar-refractivity contribution in [2.24, 2.45) is 0 Å². The van der Waals surface area contributed by atoms with Crippen LogP contribution < -0.4 is 14.8 Å². The van der Waals surface area contributed by atoms with Gasteiger partial charge in [-0.15, -0.1) is 0 Å². The lowest BCUT2D eigenvalue weighted by atomic mass is 10.1. The molecular formula is C18H25NO7. The minimum Gasteiger partial charge on any atom is -0.490 e. The number of hydrogen-bond acceptors (Lipinski definition) is 6. The molecule has 1 aromatic rings. The number of ether oxygens (including phenoxy) is 3. The fourth-order valence-electron chi connectivity index (χ4n) is 2.27. The molecular weight excluding hydrogens is 342 g/mol. The summed E-state index contributed by atoms with van der Waals surface area (Å²) in [6, 6.07) is 7.74. The molecule has 0 aromatic heterocycles. The van der Waals surface area contributed by atoms with Crippen molar-refractivity contribution in [2.45, 2.75) is 18.9 Å². The maximum absolute atomic E-state index is 9.55. The summed E-state index contributed by atoms with van der Waals surface area (Å²) in [6.45, 7) is 4.96. The minimum atomic E-state index is -1.26. The summed E-state index contributed by atoms with van der Waals surface area (Å²) in [5.41, 5.74) is -0.209. The van der Waals surface area contributed by atoms with Crippen molar-refractivity contribution in [3.8, 4) is 11.5 Å². The first-order chi connectivity index (χ1) is 12.4. The third kappa shape index (κ3) is 7.54. The summed E-state index contributed by atoms with van der Waals surface area (Å²) in [6.07, 6.45) is 2.09. The maximum Gasteiger partial charge on any atom is 0.328 e. The number of rotatable bonds is 8. The molecule has 0 aliphatic carbocycles. The fourth-order valence-corrected chi connectivity index (χ4v) is 2.27. The van der Waals surface area contributed by atoms with Crippen molar-refractivity contribution >= 4 is 11.9 Å². The number of methoxy groups -OCH3 is 1. The van der Waals surface area contributed by atoms with E-state index in [0.29, 0.717) is 25.4 Å². The first-order valence-corrected chi connectivity index (χ1v) is 8.17. The van der Waals surface area contributed by atoms with E-state index >= 15 is 0 Å². The second kappa shape index (κ2) is 11.1. The van der Waals surface area contributed by atoms with Gasteiger partial charge in [-0.2, -0.15) is 0 Å². The Hall–Kier alpha value is -2.58. The molecule has 8 heteroatoms. The van der Waals surface area contributed by atoms with Crippen LogP contribution in [0.3, 0.4) is 0 Å². The van der Waals surface area contributed by atoms with Gasteiger partial charge in [0.25, 0.3) is 0 Å². The van der Waals surface area contributed by atoms with Crippen molar-refractivity contribution < 1.29 is 34.0 Å². The molecule has 1 atom stereocenters. The molecule has 1 heterocycles. The van der Waals surface area contributed by atoms with Crippen LogP contribution in [0.2, 0.25) is 0 Å². The zero-order valence-corrected chi connectivity index (χ0v) is 14.9. The van der Waals surface area contributed by atoms with E-state index < -0.39 is 11.9 Å². The molecule has 8 nitrogen and oxygen atoms in total. The second-order valence-electron chi connectivity index (χ2n) is 5.49. The van der Waals surface area contributed by atoms with Crippen LogP contribution in [0.5, 0.6) is 11.5 Å². The summed E-state index contributed by atoms with van der Waals surface area (Å²) in [4.78, 5) is 19.1. The highest BCUT2D eigenvalue weighted by atomic mass is 16.6. The highest BCUT2D eigenvalue weighted by molar-refractivity contribution is 5.89. The molecule has 1 fully saturated rings. The van der Waals surface area contributed by atoms with E-state index in [1.54, 1.807) is 7.11 Å². The van der Waals surface area contributed by atoms with Crippen LogP contribution in [0, 0.1) is 0 Å². The van der Waals surface area contributed by atoms with Crippen LogP contribution in [-0.2, 0) is 14.3 Å². The van der Waals surface area contributed by atoms with Crippen LogP contribution in [0.4, 0.5) is 0 Å². The van der Waals surface area contributed by atoms with Crippen molar-refractivity contribution in [1.29, 1.82) is 0 Å². The first-order valence-electron chi connectivity index (χ1n) is 8.17. The number of benzene rings is 1. The lowest BCUT2D eigenvalue weighted by molar-refractivity contribution is -0.134. The number of para-hydroxylation sites is 2. The molecule has 2 rings (SSSR count). The predicted molar refractivity (Wildman–Crippen MR) is 94.7 cm³/mol. The van der Waals surface area contributed by atoms with E-state index in [0.717, 1.165) is 31.0 Å². The number of carbonyl (C=O) groups is 2. The molecule has 3 N–H and O–H groups in total. The molecule has 1 aliphatic heterocycles. The van der Waals surface area contributed by atoms with Gasteiger partial charge in [-0.05, 0) is 32.0 Å². The Labute approximate surface area is 152 Å². The largest absolute Gasteiger partial charge is 0.490 e. The highest BCUT2D eigenvalue weighted by Gasteiger charge is 2.34. The van der Waals surface area contributed by atoms with Crippen molar-refractivity contribution in [3.63, 3.8) is 0 Å². The SMILES string of the molecule is CCOc1ccccc1OCC1(OC)CCNC1.O=C(O)C=CC(=O)O. The van der Waals surface area contributed by atoms with Crippen LogP contribution in [0.25, 0.3) is 0 Å². The Morgan fingerprint density at radius 3 is 2.15 bits per heavy atom. The molecule has 0 amide bonds. The Kier molecular flexibility index (Phi) is 9.18. The third-order valence-corrected chi connectivity index (χ3v) is 3.65. The highest BCUT2D eigenvalue weighted by Crippen LogP contribution is 2.28. The van der Waals surface area contributed by atoms with Gasteiger partial charge in [-0.25, -0.2) is 9.59 Å². The Balaban J connectivity index is 0.000000359. The smallest absolute Gasteiger partial charge is 0.328 e. The Morgan fingerprint density at radius 1 is 1.15 bits per heavy atom. The van der Waals surface area contributed by atoms with E-state index in [4.69, 9.17) is 24.4 Å². The number of hydrogen-bond donors (Lipinski definition) is 3. The lowest BCUT2D eigenvalue weighted by Gasteiger charge is -2.26. The van der Waals surface area contributed by atoms with Gasteiger partial charge in [0.1, 0.15) is 12.2 Å². The lowest BCUT2D eigenvalue weighted by Crippen LogP contribution is -2.40. The summed E-state index contributed by atoms with van der Waals surface area (Å²) in [5, 5.41) is 18.9. The molecule has 0 spiro atoms. The fraction of sp³-hybridized carbons (Fsp3) is 0.444. The average Bonchev–Trinajstić information content (AvgIpc) is 3.10. The molecule has 1 aromatic carbocycles. The normalized spacial score (nSPS) is 18.8. The number of carboxylic acid groups (broad SMARTS) is 2. The van der Waals surface area contributed by atoms with E-state index in [9.17, 15) is 9.59 Å². The molecule has 0 saturated carbocycles. The Morgan fingerprint density at radius 2 is 1.73 bits per heavy atom. The topological polar surface area (TPSA) is 114 Å². The van der Waals surface area contributed by atoms with Gasteiger partial charge in [0, 0.05) is 25.8 Å². The van der Waals surface area contributed by atoms with Crippen LogP contribution >= 0.6 is 0 Å². The quantitative estimate of drug-likeness (QED) is 0.593. The van der Waals surface area contributed by atoms with Crippen LogP contribution in [0.15, 0.2) is 36.4 Å². The van der Waals surface area contributed by atoms with Gasteiger partial charge < -0.3 is 29.7 Å². The molecule has 1 saturated heterocycles. The molecule has 0 bridgehead atoms. The molecule has 144 valence electrons. The van der Waals surface area contributed by atoms with Gasteiger partial charge in [0.15, 0.2) is 11.5 Å². The van der Waals surface area contributed by atoms with E-state index in [1.165, 1.54) is 0 Å². The van der Waals surface area contributed by atoms with Crippen molar-refractivity contribution in [1.82, 2.24) is 5.32 Å². The zero-order valence-electron chi connectivity index (χ0n) is 14.9. The molecule has 1 unspecified atom stereocenters. The van der Waals surface area contributed by atoms with Gasteiger partial charge >= 0.3 is 11.9 Å². The number of aliphatic carboxylic acids is 2. The zero-order chi connectivity index (χ0) is 19.4. The summed E-state index contributed by atoms with van der Waals surface area (Å²) in [7, 11) is 1.74. The second-order valence-corrected chi connectivity index (χ2v) is 5.49. The number of carboxylic acids is 2. The van der Waals surface area contributed by atoms with Gasteiger partial charge in [0.2, 0.25) is 0 Å². The summed E-state index contributed by atoms with van der Waals surface area (Å²) >= 11 is 0. The van der Waals surface area contributed by atoms with Crippen molar-refractivity contribution in [2.75, 3.05) is 33.4 Å². The molecule has 26 heavy (non-hydrogen) atoms. The van der Waals surface area contributed by atoms with E-state index in [2.05, 4.69) is 5.32 Å². The molecule has 0 radical (unpaired) electrons. The number of nitrogens with one attached hydrogen (secondary N) is 1. The van der Waals surface area contributed by atoms with Gasteiger partial charge in [-0.3, -0.25) is 0 Å². The van der Waals surface area contributed by atoms with Crippen LogP contribution in [0.1, 0.15) is 13.3 Å². The van der Waals surface area contributed by atoms with Gasteiger partial charge in [-0.1, -0.05) is 12.1 Å². The standard InChI is InChI=1S/C14H21NO3.C4H4O4/c1-3-17-12-6-4-5-7-13(12)18-11-14(16-2)8-9-15-10-14;5-3(6)1-2-4(7)8/h4-7,15H,3,8-11H2,1-2H3;1-2H,(H,5,6)(H,7,8). The Bertz CT molecular complexity index is 593. The summed E-state index contributed by atoms with van der Waals surface area (Å²) < 4.78 is 17.0. The first kappa shape index (κ1) is 21.5. The van der Waals surface area contributed by atoms with E-state index in [1.807, 2.05) is 31.2 Å².